The van der Waals surface area contributed by atoms with Gasteiger partial charge in [0.1, 0.15) is 22.8 Å². The normalized spacial score (nSPS) is 26.4. The van der Waals surface area contributed by atoms with Crippen molar-refractivity contribution < 1.29 is 34.8 Å². The van der Waals surface area contributed by atoms with E-state index in [2.05, 4.69) is 0 Å². The first-order valence-corrected chi connectivity index (χ1v) is 12.7. The van der Waals surface area contributed by atoms with Crippen LogP contribution in [-0.2, 0) is 28.9 Å². The van der Waals surface area contributed by atoms with Crippen molar-refractivity contribution in [2.24, 2.45) is 17.6 Å². The second kappa shape index (κ2) is 9.25. The van der Waals surface area contributed by atoms with Crippen LogP contribution in [-0.4, -0.2) is 68.5 Å². The van der Waals surface area contributed by atoms with Crippen molar-refractivity contribution in [2.45, 2.75) is 37.3 Å². The summed E-state index contributed by atoms with van der Waals surface area (Å²) in [5.41, 5.74) is 10.7. The van der Waals surface area contributed by atoms with E-state index in [0.717, 1.165) is 11.1 Å². The molecule has 3 aliphatic rings. The largest absolute Gasteiger partial charge is 0.510 e. The number of hydrogen-bond acceptors (Lipinski definition) is 9. The van der Waals surface area contributed by atoms with Gasteiger partial charge < -0.3 is 31.9 Å². The molecule has 2 aromatic rings. The van der Waals surface area contributed by atoms with E-state index < -0.39 is 58.0 Å². The van der Waals surface area contributed by atoms with Crippen LogP contribution in [0.4, 0.5) is 5.69 Å². The van der Waals surface area contributed by atoms with Gasteiger partial charge in [-0.3, -0.25) is 19.3 Å². The number of amides is 1. The summed E-state index contributed by atoms with van der Waals surface area (Å²) >= 11 is 0. The number of phenols is 1. The Balaban J connectivity index is 1.60. The molecule has 0 radical (unpaired) electrons. The summed E-state index contributed by atoms with van der Waals surface area (Å²) in [4.78, 5) is 40.8. The Morgan fingerprint density at radius 2 is 1.72 bits per heavy atom. The highest BCUT2D eigenvalue weighted by molar-refractivity contribution is 6.24. The van der Waals surface area contributed by atoms with Crippen LogP contribution in [0.25, 0.3) is 0 Å². The fourth-order valence-corrected chi connectivity index (χ4v) is 6.51. The first kappa shape index (κ1) is 26.5. The molecule has 5 rings (SSSR count). The Bertz CT molecular complexity index is 1470. The number of nitrogens with zero attached hydrogens (tertiary/aromatic N) is 1. The monoisotopic (exact) mass is 533 g/mol. The minimum atomic E-state index is -2.65. The van der Waals surface area contributed by atoms with Crippen LogP contribution >= 0.6 is 0 Å². The lowest BCUT2D eigenvalue weighted by Gasteiger charge is -2.50. The summed E-state index contributed by atoms with van der Waals surface area (Å²) < 4.78 is 0. The first-order chi connectivity index (χ1) is 18.4. The van der Waals surface area contributed by atoms with E-state index in [1.807, 2.05) is 24.3 Å². The third kappa shape index (κ3) is 3.90. The van der Waals surface area contributed by atoms with Gasteiger partial charge in [-0.15, -0.1) is 0 Å². The molecule has 4 atom stereocenters. The van der Waals surface area contributed by atoms with Gasteiger partial charge in [0.2, 0.25) is 5.78 Å². The number of likely N-dealkylation sites (N-methyl/N-ethyl adjacent to an activating group) is 1. The number of primary amides is 1. The minimum Gasteiger partial charge on any atom is -0.510 e. The molecule has 0 saturated carbocycles. The predicted octanol–water partition coefficient (Wildman–Crippen LogP) is 1.49. The summed E-state index contributed by atoms with van der Waals surface area (Å²) in [6, 6.07) is 9.65. The van der Waals surface area contributed by atoms with E-state index in [4.69, 9.17) is 11.5 Å². The molecular formula is C29H31N3O7. The highest BCUT2D eigenvalue weighted by Crippen LogP contribution is 2.52. The van der Waals surface area contributed by atoms with Gasteiger partial charge in [0, 0.05) is 17.2 Å². The van der Waals surface area contributed by atoms with Crippen molar-refractivity contribution in [3.63, 3.8) is 0 Å². The Kier molecular flexibility index (Phi) is 6.27. The van der Waals surface area contributed by atoms with Crippen molar-refractivity contribution in [3.8, 4) is 5.75 Å². The molecule has 0 aliphatic heterocycles. The Morgan fingerprint density at radius 3 is 2.33 bits per heavy atom. The number of allylic oxidation sites excluding steroid dienone is 1. The molecule has 0 fully saturated rings. The summed E-state index contributed by atoms with van der Waals surface area (Å²) in [5.74, 6) is -6.57. The van der Waals surface area contributed by atoms with Gasteiger partial charge in [0.05, 0.1) is 11.6 Å². The lowest BCUT2D eigenvalue weighted by atomic mass is 9.58. The molecule has 204 valence electrons. The maximum absolute atomic E-state index is 13.8. The number of nitrogens with two attached hydrogens (primary N) is 2. The number of aliphatic hydroxyl groups is 3. The molecule has 0 unspecified atom stereocenters. The van der Waals surface area contributed by atoms with Crippen molar-refractivity contribution in [3.05, 3.63) is 81.3 Å². The van der Waals surface area contributed by atoms with Gasteiger partial charge in [-0.05, 0) is 80.6 Å². The highest BCUT2D eigenvalue weighted by Gasteiger charge is 2.63. The second-order valence-corrected chi connectivity index (χ2v) is 10.8. The number of anilines is 1. The number of aromatic hydroxyl groups is 1. The number of Topliss-reactive ketones (excluding diaryl/α,β-unsaturated/α-hetero) is 2. The number of benzene rings is 2. The van der Waals surface area contributed by atoms with Gasteiger partial charge in [-0.2, -0.15) is 0 Å². The van der Waals surface area contributed by atoms with Gasteiger partial charge in [-0.1, -0.05) is 18.2 Å². The third-order valence-corrected chi connectivity index (χ3v) is 8.37. The van der Waals surface area contributed by atoms with Crippen LogP contribution in [0.3, 0.4) is 0 Å². The lowest BCUT2D eigenvalue weighted by molar-refractivity contribution is -0.148. The number of phenolic OH excluding ortho intramolecular Hbond substituents is 1. The quantitative estimate of drug-likeness (QED) is 0.244. The van der Waals surface area contributed by atoms with Crippen molar-refractivity contribution >= 4 is 23.2 Å². The van der Waals surface area contributed by atoms with E-state index in [-0.39, 0.29) is 29.7 Å². The molecule has 8 N–H and O–H groups in total. The summed E-state index contributed by atoms with van der Waals surface area (Å²) in [5, 5.41) is 44.6. The second-order valence-electron chi connectivity index (χ2n) is 10.8. The zero-order valence-electron chi connectivity index (χ0n) is 21.6. The van der Waals surface area contributed by atoms with Crippen molar-refractivity contribution in [1.82, 2.24) is 4.90 Å². The van der Waals surface area contributed by atoms with E-state index in [1.54, 1.807) is 20.2 Å². The Hall–Kier alpha value is -4.15. The SMILES string of the molecule is CN(C)[C@@H]1C(O)=C(C(N)=O)C(=O)[C@]2(O)C(O)=C3C(=O)c4c(O)ccc(CCc5ccc(N)cc5)c4C[C@H]3C[C@H]12. The number of carbonyl (C=O) groups is 3. The molecule has 10 nitrogen and oxygen atoms in total. The summed E-state index contributed by atoms with van der Waals surface area (Å²) in [6.45, 7) is 0. The average Bonchev–Trinajstić information content (AvgIpc) is 2.86. The number of hydrogen-bond donors (Lipinski definition) is 6. The Morgan fingerprint density at radius 1 is 1.05 bits per heavy atom. The van der Waals surface area contributed by atoms with Crippen LogP contribution in [0.2, 0.25) is 0 Å². The van der Waals surface area contributed by atoms with E-state index >= 15 is 0 Å². The van der Waals surface area contributed by atoms with Gasteiger partial charge in [0.15, 0.2) is 11.4 Å². The van der Waals surface area contributed by atoms with E-state index in [1.165, 1.54) is 11.0 Å². The number of carbonyl (C=O) groups excluding carboxylic acids is 3. The number of fused-ring (bicyclic) bond motifs is 3. The molecule has 3 aliphatic carbocycles. The number of rotatable bonds is 5. The van der Waals surface area contributed by atoms with E-state index in [0.29, 0.717) is 24.1 Å². The molecule has 2 aromatic carbocycles. The number of ketones is 2. The van der Waals surface area contributed by atoms with Gasteiger partial charge >= 0.3 is 0 Å². The van der Waals surface area contributed by atoms with Crippen LogP contribution in [0.1, 0.15) is 33.5 Å². The summed E-state index contributed by atoms with van der Waals surface area (Å²) in [6.07, 6.45) is 1.56. The number of aliphatic hydroxyl groups excluding tert-OH is 2. The zero-order valence-corrected chi connectivity index (χ0v) is 21.6. The summed E-state index contributed by atoms with van der Waals surface area (Å²) in [7, 11) is 3.20. The molecule has 1 amide bonds. The first-order valence-electron chi connectivity index (χ1n) is 12.7. The smallest absolute Gasteiger partial charge is 0.255 e. The average molecular weight is 534 g/mol. The predicted molar refractivity (Wildman–Crippen MR) is 142 cm³/mol. The maximum atomic E-state index is 13.8. The zero-order chi connectivity index (χ0) is 28.4. The fourth-order valence-electron chi connectivity index (χ4n) is 6.51. The molecule has 0 heterocycles. The molecule has 0 aromatic heterocycles. The van der Waals surface area contributed by atoms with Gasteiger partial charge in [0.25, 0.3) is 5.91 Å². The van der Waals surface area contributed by atoms with Crippen molar-refractivity contribution in [1.29, 1.82) is 0 Å². The molecular weight excluding hydrogens is 502 g/mol. The molecule has 0 spiro atoms. The van der Waals surface area contributed by atoms with Crippen LogP contribution in [0, 0.1) is 11.8 Å². The van der Waals surface area contributed by atoms with Crippen LogP contribution in [0.5, 0.6) is 5.75 Å². The molecule has 0 bridgehead atoms. The maximum Gasteiger partial charge on any atom is 0.255 e. The number of nitrogen functional groups attached to an aromatic ring is 1. The number of aryl methyl sites for hydroxylation is 2. The van der Waals surface area contributed by atoms with E-state index in [9.17, 15) is 34.8 Å². The fraction of sp³-hybridized carbons (Fsp3) is 0.345. The third-order valence-electron chi connectivity index (χ3n) is 8.37. The Labute approximate surface area is 224 Å². The topological polar surface area (TPSA) is 187 Å². The standard InChI is InChI=1S/C29H31N3O7/c1-32(2)23-18-12-15-11-17-14(6-3-13-4-8-16(30)9-5-13)7-10-19(33)21(17)24(34)20(15)26(36)29(18,39)27(37)22(25(23)35)28(31)38/h4-5,7-10,15,18,23,33,35-36,39H,3,6,11-12,30H2,1-2H3,(H2,31,38)/t15-,18+,23-,29+/m0/s1. The molecule has 10 heteroatoms. The van der Waals surface area contributed by atoms with Crippen LogP contribution in [0.15, 0.2) is 59.1 Å². The minimum absolute atomic E-state index is 0.0191. The molecule has 39 heavy (non-hydrogen) atoms. The lowest BCUT2D eigenvalue weighted by Crippen LogP contribution is -2.63. The molecule has 0 saturated heterocycles. The van der Waals surface area contributed by atoms with Gasteiger partial charge in [-0.25, -0.2) is 0 Å². The highest BCUT2D eigenvalue weighted by atomic mass is 16.3. The van der Waals surface area contributed by atoms with Crippen LogP contribution < -0.4 is 11.5 Å². The van der Waals surface area contributed by atoms with Crippen molar-refractivity contribution in [2.75, 3.05) is 19.8 Å².